The van der Waals surface area contributed by atoms with Crippen molar-refractivity contribution >= 4 is 11.6 Å². The second-order valence-electron chi connectivity index (χ2n) is 2.31. The number of halogens is 3. The van der Waals surface area contributed by atoms with Gasteiger partial charge in [-0.25, -0.2) is 8.78 Å². The molecule has 0 amide bonds. The Bertz CT molecular complexity index is 276. The SMILES string of the molecule is OCc1cc(C(F)F)ccc1Cl. The maximum atomic E-state index is 12.1. The molecule has 0 aliphatic rings. The molecule has 1 N–H and O–H groups in total. The maximum Gasteiger partial charge on any atom is 0.263 e. The summed E-state index contributed by atoms with van der Waals surface area (Å²) in [6.07, 6.45) is -2.52. The molecule has 1 nitrogen and oxygen atoms in total. The molecular weight excluding hydrogens is 186 g/mol. The molecule has 1 aromatic carbocycles. The Balaban J connectivity index is 3.05. The van der Waals surface area contributed by atoms with Crippen LogP contribution >= 0.6 is 11.6 Å². The van der Waals surface area contributed by atoms with Crippen LogP contribution in [-0.4, -0.2) is 5.11 Å². The lowest BCUT2D eigenvalue weighted by Gasteiger charge is -2.03. The number of aliphatic hydroxyl groups is 1. The summed E-state index contributed by atoms with van der Waals surface area (Å²) in [5.74, 6) is 0. The lowest BCUT2D eigenvalue weighted by molar-refractivity contribution is 0.151. The van der Waals surface area contributed by atoms with Gasteiger partial charge in [0.2, 0.25) is 0 Å². The van der Waals surface area contributed by atoms with Gasteiger partial charge in [0.25, 0.3) is 6.43 Å². The van der Waals surface area contributed by atoms with E-state index in [4.69, 9.17) is 16.7 Å². The molecule has 0 aliphatic carbocycles. The molecule has 12 heavy (non-hydrogen) atoms. The highest BCUT2D eigenvalue weighted by Gasteiger charge is 2.08. The Labute approximate surface area is 73.6 Å². The number of hydrogen-bond acceptors (Lipinski definition) is 1. The summed E-state index contributed by atoms with van der Waals surface area (Å²) in [6.45, 7) is -0.320. The highest BCUT2D eigenvalue weighted by atomic mass is 35.5. The number of rotatable bonds is 2. The first-order valence-electron chi connectivity index (χ1n) is 3.32. The summed E-state index contributed by atoms with van der Waals surface area (Å²) in [5, 5.41) is 9.00. The van der Waals surface area contributed by atoms with Crippen LogP contribution in [0, 0.1) is 0 Å². The van der Waals surface area contributed by atoms with Crippen LogP contribution in [0.25, 0.3) is 0 Å². The van der Waals surface area contributed by atoms with Gasteiger partial charge in [-0.3, -0.25) is 0 Å². The summed E-state index contributed by atoms with van der Waals surface area (Å²) < 4.78 is 24.2. The van der Waals surface area contributed by atoms with Crippen molar-refractivity contribution in [1.82, 2.24) is 0 Å². The third kappa shape index (κ3) is 1.93. The lowest BCUT2D eigenvalue weighted by Crippen LogP contribution is -1.89. The Morgan fingerprint density at radius 1 is 1.42 bits per heavy atom. The average Bonchev–Trinajstić information content (AvgIpc) is 2.05. The summed E-state index contributed by atoms with van der Waals surface area (Å²) in [7, 11) is 0. The first kappa shape index (κ1) is 9.42. The minimum Gasteiger partial charge on any atom is -0.392 e. The van der Waals surface area contributed by atoms with E-state index in [1.165, 1.54) is 18.2 Å². The fourth-order valence-corrected chi connectivity index (χ4v) is 1.03. The van der Waals surface area contributed by atoms with Crippen LogP contribution < -0.4 is 0 Å². The van der Waals surface area contributed by atoms with Gasteiger partial charge in [-0.15, -0.1) is 0 Å². The molecule has 0 bridgehead atoms. The van der Waals surface area contributed by atoms with E-state index in [1.807, 2.05) is 0 Å². The molecule has 0 saturated heterocycles. The zero-order valence-corrected chi connectivity index (χ0v) is 6.85. The molecule has 1 rings (SSSR count). The van der Waals surface area contributed by atoms with Crippen molar-refractivity contribution in [1.29, 1.82) is 0 Å². The normalized spacial score (nSPS) is 10.8. The maximum absolute atomic E-state index is 12.1. The molecule has 0 heterocycles. The summed E-state index contributed by atoms with van der Waals surface area (Å²) in [6, 6.07) is 3.80. The van der Waals surface area contributed by atoms with Gasteiger partial charge in [0.05, 0.1) is 6.61 Å². The molecule has 0 saturated carbocycles. The molecular formula is C8H7ClF2O. The number of alkyl halides is 2. The smallest absolute Gasteiger partial charge is 0.263 e. The molecule has 0 unspecified atom stereocenters. The zero-order chi connectivity index (χ0) is 9.14. The van der Waals surface area contributed by atoms with Crippen LogP contribution in [0.5, 0.6) is 0 Å². The minimum atomic E-state index is -2.52. The standard InChI is InChI=1S/C8H7ClF2O/c9-7-2-1-5(8(10)11)3-6(7)4-12/h1-3,8,12H,4H2. The molecule has 0 aromatic heterocycles. The van der Waals surface area contributed by atoms with Gasteiger partial charge in [-0.05, 0) is 17.7 Å². The topological polar surface area (TPSA) is 20.2 Å². The molecule has 66 valence electrons. The Kier molecular flexibility index (Phi) is 3.00. The molecule has 0 spiro atoms. The van der Waals surface area contributed by atoms with Crippen molar-refractivity contribution in [3.8, 4) is 0 Å². The second kappa shape index (κ2) is 3.83. The van der Waals surface area contributed by atoms with E-state index >= 15 is 0 Å². The van der Waals surface area contributed by atoms with Gasteiger partial charge in [0, 0.05) is 10.6 Å². The molecule has 0 atom stereocenters. The van der Waals surface area contributed by atoms with Crippen LogP contribution in [0.3, 0.4) is 0 Å². The van der Waals surface area contributed by atoms with E-state index in [1.54, 1.807) is 0 Å². The lowest BCUT2D eigenvalue weighted by atomic mass is 10.1. The van der Waals surface area contributed by atoms with E-state index in [0.29, 0.717) is 10.6 Å². The number of aliphatic hydroxyl groups excluding tert-OH is 1. The Morgan fingerprint density at radius 3 is 2.58 bits per heavy atom. The van der Waals surface area contributed by atoms with Crippen molar-refractivity contribution in [3.05, 3.63) is 34.3 Å². The van der Waals surface area contributed by atoms with Crippen LogP contribution in [0.1, 0.15) is 17.6 Å². The summed E-state index contributed by atoms with van der Waals surface area (Å²) in [5.41, 5.74) is 0.206. The third-order valence-electron chi connectivity index (χ3n) is 1.49. The van der Waals surface area contributed by atoms with Crippen LogP contribution in [0.4, 0.5) is 8.78 Å². The van der Waals surface area contributed by atoms with Crippen molar-refractivity contribution in [2.24, 2.45) is 0 Å². The van der Waals surface area contributed by atoms with Gasteiger partial charge < -0.3 is 5.11 Å². The second-order valence-corrected chi connectivity index (χ2v) is 2.72. The predicted molar refractivity (Wildman–Crippen MR) is 42.3 cm³/mol. The number of hydrogen-bond donors (Lipinski definition) is 1. The van der Waals surface area contributed by atoms with Gasteiger partial charge in [-0.2, -0.15) is 0 Å². The van der Waals surface area contributed by atoms with Crippen molar-refractivity contribution in [2.45, 2.75) is 13.0 Å². The van der Waals surface area contributed by atoms with Crippen molar-refractivity contribution < 1.29 is 13.9 Å². The van der Waals surface area contributed by atoms with E-state index in [2.05, 4.69) is 0 Å². The largest absolute Gasteiger partial charge is 0.392 e. The quantitative estimate of drug-likeness (QED) is 0.764. The van der Waals surface area contributed by atoms with Gasteiger partial charge in [-0.1, -0.05) is 17.7 Å². The van der Waals surface area contributed by atoms with Crippen LogP contribution in [-0.2, 0) is 6.61 Å². The fraction of sp³-hybridized carbons (Fsp3) is 0.250. The van der Waals surface area contributed by atoms with Crippen molar-refractivity contribution in [2.75, 3.05) is 0 Å². The molecule has 0 aliphatic heterocycles. The summed E-state index contributed by atoms with van der Waals surface area (Å²) in [4.78, 5) is 0. The molecule has 4 heteroatoms. The first-order valence-corrected chi connectivity index (χ1v) is 3.70. The van der Waals surface area contributed by atoms with Gasteiger partial charge in [0.15, 0.2) is 0 Å². The Morgan fingerprint density at radius 2 is 2.08 bits per heavy atom. The molecule has 0 fully saturated rings. The zero-order valence-electron chi connectivity index (χ0n) is 6.10. The highest BCUT2D eigenvalue weighted by molar-refractivity contribution is 6.31. The van der Waals surface area contributed by atoms with Gasteiger partial charge in [0.1, 0.15) is 0 Å². The van der Waals surface area contributed by atoms with E-state index in [9.17, 15) is 8.78 Å². The monoisotopic (exact) mass is 192 g/mol. The van der Waals surface area contributed by atoms with Gasteiger partial charge >= 0.3 is 0 Å². The van der Waals surface area contributed by atoms with E-state index in [0.717, 1.165) is 0 Å². The molecule has 0 radical (unpaired) electrons. The first-order chi connectivity index (χ1) is 5.65. The minimum absolute atomic E-state index is 0.122. The van der Waals surface area contributed by atoms with Crippen LogP contribution in [0.15, 0.2) is 18.2 Å². The third-order valence-corrected chi connectivity index (χ3v) is 1.86. The molecule has 1 aromatic rings. The average molecular weight is 193 g/mol. The Hall–Kier alpha value is -0.670. The van der Waals surface area contributed by atoms with Crippen molar-refractivity contribution in [3.63, 3.8) is 0 Å². The number of benzene rings is 1. The summed E-state index contributed by atoms with van der Waals surface area (Å²) >= 11 is 5.60. The fourth-order valence-electron chi connectivity index (χ4n) is 0.852. The van der Waals surface area contributed by atoms with Crippen LogP contribution in [0.2, 0.25) is 5.02 Å². The highest BCUT2D eigenvalue weighted by Crippen LogP contribution is 2.24. The predicted octanol–water partition coefficient (Wildman–Crippen LogP) is 2.77. The van der Waals surface area contributed by atoms with E-state index in [-0.39, 0.29) is 12.2 Å². The van der Waals surface area contributed by atoms with E-state index < -0.39 is 6.43 Å².